The van der Waals surface area contributed by atoms with Gasteiger partial charge in [-0.15, -0.1) is 0 Å². The quantitative estimate of drug-likeness (QED) is 0.865. The molecule has 22 heavy (non-hydrogen) atoms. The first-order chi connectivity index (χ1) is 10.7. The summed E-state index contributed by atoms with van der Waals surface area (Å²) in [6.45, 7) is 6.26. The summed E-state index contributed by atoms with van der Waals surface area (Å²) in [5, 5.41) is 6.23. The van der Waals surface area contributed by atoms with Crippen LogP contribution in [0.3, 0.4) is 0 Å². The largest absolute Gasteiger partial charge is 0.352 e. The first-order valence-electron chi connectivity index (χ1n) is 7.59. The normalized spacial score (nSPS) is 16.1. The molecule has 1 saturated heterocycles. The van der Waals surface area contributed by atoms with Gasteiger partial charge in [0.2, 0.25) is 5.91 Å². The molecule has 1 atom stereocenters. The minimum atomic E-state index is 0.0383. The van der Waals surface area contributed by atoms with Crippen molar-refractivity contribution in [2.24, 2.45) is 11.8 Å². The van der Waals surface area contributed by atoms with Crippen molar-refractivity contribution in [1.82, 2.24) is 25.2 Å². The third-order valence-corrected chi connectivity index (χ3v) is 4.31. The van der Waals surface area contributed by atoms with Crippen LogP contribution in [0, 0.1) is 18.8 Å². The molecule has 0 saturated carbocycles. The number of aryl methyl sites for hydroxylation is 1. The van der Waals surface area contributed by atoms with E-state index < -0.39 is 0 Å². The molecule has 1 aliphatic heterocycles. The highest BCUT2D eigenvalue weighted by Crippen LogP contribution is 2.17. The molecule has 0 aliphatic carbocycles. The number of hydrogen-bond acceptors (Lipinski definition) is 4. The summed E-state index contributed by atoms with van der Waals surface area (Å²) in [6, 6.07) is 3.87. The summed E-state index contributed by atoms with van der Waals surface area (Å²) >= 11 is 0. The van der Waals surface area contributed by atoms with Crippen molar-refractivity contribution in [2.75, 3.05) is 13.1 Å². The van der Waals surface area contributed by atoms with Crippen LogP contribution in [-0.4, -0.2) is 33.5 Å². The number of rotatable bonds is 5. The van der Waals surface area contributed by atoms with E-state index >= 15 is 0 Å². The van der Waals surface area contributed by atoms with Gasteiger partial charge in [-0.3, -0.25) is 9.36 Å². The Bertz CT molecular complexity index is 662. The lowest BCUT2D eigenvalue weighted by molar-refractivity contribution is -0.126. The van der Waals surface area contributed by atoms with E-state index in [2.05, 4.69) is 20.6 Å². The molecule has 116 valence electrons. The molecule has 2 aromatic heterocycles. The fourth-order valence-corrected chi connectivity index (χ4v) is 2.61. The van der Waals surface area contributed by atoms with Crippen molar-refractivity contribution in [3.63, 3.8) is 0 Å². The highest BCUT2D eigenvalue weighted by molar-refractivity contribution is 5.78. The Balaban J connectivity index is 1.70. The molecule has 1 amide bonds. The molecule has 0 bridgehead atoms. The molecule has 2 N–H and O–H groups in total. The third kappa shape index (κ3) is 2.87. The van der Waals surface area contributed by atoms with Gasteiger partial charge in [0.25, 0.3) is 0 Å². The molecule has 1 fully saturated rings. The van der Waals surface area contributed by atoms with Crippen molar-refractivity contribution < 1.29 is 4.79 Å². The number of carbonyl (C=O) groups is 1. The fraction of sp³-hybridized carbons (Fsp3) is 0.438. The lowest BCUT2D eigenvalue weighted by Gasteiger charge is -2.31. The number of nitrogens with one attached hydrogen (secondary N) is 2. The molecule has 2 aromatic rings. The van der Waals surface area contributed by atoms with E-state index in [0.29, 0.717) is 12.5 Å². The second-order valence-electron chi connectivity index (χ2n) is 5.76. The second kappa shape index (κ2) is 6.27. The monoisotopic (exact) mass is 299 g/mol. The van der Waals surface area contributed by atoms with Crippen LogP contribution in [-0.2, 0) is 11.3 Å². The zero-order valence-corrected chi connectivity index (χ0v) is 12.9. The molecule has 0 radical (unpaired) electrons. The summed E-state index contributed by atoms with van der Waals surface area (Å²) in [5.41, 5.74) is 0.982. The highest BCUT2D eigenvalue weighted by atomic mass is 16.1. The van der Waals surface area contributed by atoms with Crippen molar-refractivity contribution in [3.05, 3.63) is 42.1 Å². The zero-order chi connectivity index (χ0) is 15.5. The maximum absolute atomic E-state index is 12.2. The van der Waals surface area contributed by atoms with Gasteiger partial charge in [-0.25, -0.2) is 9.97 Å². The Labute approximate surface area is 130 Å². The van der Waals surface area contributed by atoms with Crippen molar-refractivity contribution >= 4 is 5.91 Å². The summed E-state index contributed by atoms with van der Waals surface area (Å²) in [4.78, 5) is 20.9. The summed E-state index contributed by atoms with van der Waals surface area (Å²) in [5.74, 6) is 2.28. The van der Waals surface area contributed by atoms with E-state index in [1.807, 2.05) is 36.7 Å². The third-order valence-electron chi connectivity index (χ3n) is 4.31. The minimum Gasteiger partial charge on any atom is -0.352 e. The van der Waals surface area contributed by atoms with E-state index in [9.17, 15) is 4.79 Å². The van der Waals surface area contributed by atoms with Crippen LogP contribution in [0.1, 0.15) is 18.3 Å². The average Bonchev–Trinajstić information content (AvgIpc) is 2.89. The Hall–Kier alpha value is -2.21. The molecule has 1 unspecified atom stereocenters. The molecular weight excluding hydrogens is 278 g/mol. The van der Waals surface area contributed by atoms with Gasteiger partial charge in [-0.05, 0) is 32.0 Å². The first kappa shape index (κ1) is 14.7. The topological polar surface area (TPSA) is 71.8 Å². The van der Waals surface area contributed by atoms with Crippen LogP contribution < -0.4 is 10.6 Å². The Morgan fingerprint density at radius 1 is 1.45 bits per heavy atom. The molecule has 0 aromatic carbocycles. The zero-order valence-electron chi connectivity index (χ0n) is 12.9. The van der Waals surface area contributed by atoms with E-state index in [0.717, 1.165) is 30.3 Å². The molecule has 3 rings (SSSR count). The number of imidazole rings is 1. The van der Waals surface area contributed by atoms with Gasteiger partial charge in [0.15, 0.2) is 0 Å². The highest BCUT2D eigenvalue weighted by Gasteiger charge is 2.28. The molecular formula is C16H21N5O. The molecule has 1 aliphatic rings. The van der Waals surface area contributed by atoms with Gasteiger partial charge in [-0.2, -0.15) is 0 Å². The molecule has 6 heteroatoms. The standard InChI is InChI=1S/C16H21N5O/c1-11(14-8-17-9-14)16(22)20-10-13-4-3-5-19-15(13)21-7-6-18-12(21)2/h3-7,11,14,17H,8-10H2,1-2H3,(H,20,22). The van der Waals surface area contributed by atoms with Crippen LogP contribution in [0.4, 0.5) is 0 Å². The van der Waals surface area contributed by atoms with Gasteiger partial charge in [0, 0.05) is 36.6 Å². The Kier molecular flexibility index (Phi) is 4.20. The number of hydrogen-bond donors (Lipinski definition) is 2. The SMILES string of the molecule is Cc1nccn1-c1ncccc1CNC(=O)C(C)C1CNC1. The van der Waals surface area contributed by atoms with Crippen molar-refractivity contribution in [2.45, 2.75) is 20.4 Å². The number of carbonyl (C=O) groups excluding carboxylic acids is 1. The van der Waals surface area contributed by atoms with Gasteiger partial charge >= 0.3 is 0 Å². The van der Waals surface area contributed by atoms with Crippen molar-refractivity contribution in [1.29, 1.82) is 0 Å². The number of amides is 1. The predicted molar refractivity (Wildman–Crippen MR) is 83.5 cm³/mol. The summed E-state index contributed by atoms with van der Waals surface area (Å²) < 4.78 is 1.93. The molecule has 0 spiro atoms. The van der Waals surface area contributed by atoms with Crippen LogP contribution >= 0.6 is 0 Å². The average molecular weight is 299 g/mol. The van der Waals surface area contributed by atoms with Gasteiger partial charge < -0.3 is 10.6 Å². The minimum absolute atomic E-state index is 0.0383. The Morgan fingerprint density at radius 2 is 2.27 bits per heavy atom. The van der Waals surface area contributed by atoms with Crippen LogP contribution in [0.5, 0.6) is 0 Å². The van der Waals surface area contributed by atoms with Crippen LogP contribution in [0.2, 0.25) is 0 Å². The lowest BCUT2D eigenvalue weighted by Crippen LogP contribution is -2.49. The first-order valence-corrected chi connectivity index (χ1v) is 7.59. The van der Waals surface area contributed by atoms with Gasteiger partial charge in [0.1, 0.15) is 11.6 Å². The van der Waals surface area contributed by atoms with Crippen LogP contribution in [0.15, 0.2) is 30.7 Å². The van der Waals surface area contributed by atoms with Crippen LogP contribution in [0.25, 0.3) is 5.82 Å². The van der Waals surface area contributed by atoms with E-state index in [-0.39, 0.29) is 11.8 Å². The fourth-order valence-electron chi connectivity index (χ4n) is 2.61. The van der Waals surface area contributed by atoms with Crippen molar-refractivity contribution in [3.8, 4) is 5.82 Å². The summed E-state index contributed by atoms with van der Waals surface area (Å²) in [7, 11) is 0. The lowest BCUT2D eigenvalue weighted by atomic mass is 9.88. The number of nitrogens with zero attached hydrogens (tertiary/aromatic N) is 3. The van der Waals surface area contributed by atoms with Gasteiger partial charge in [-0.1, -0.05) is 13.0 Å². The second-order valence-corrected chi connectivity index (χ2v) is 5.76. The number of pyridine rings is 1. The van der Waals surface area contributed by atoms with E-state index in [1.54, 1.807) is 12.4 Å². The molecule has 6 nitrogen and oxygen atoms in total. The van der Waals surface area contributed by atoms with E-state index in [4.69, 9.17) is 0 Å². The maximum Gasteiger partial charge on any atom is 0.223 e. The van der Waals surface area contributed by atoms with E-state index in [1.165, 1.54) is 0 Å². The Morgan fingerprint density at radius 3 is 2.91 bits per heavy atom. The smallest absolute Gasteiger partial charge is 0.223 e. The number of aromatic nitrogens is 3. The molecule has 3 heterocycles. The maximum atomic E-state index is 12.2. The summed E-state index contributed by atoms with van der Waals surface area (Å²) in [6.07, 6.45) is 5.38. The predicted octanol–water partition coefficient (Wildman–Crippen LogP) is 1.05. The van der Waals surface area contributed by atoms with Gasteiger partial charge in [0.05, 0.1) is 0 Å².